The minimum Gasteiger partial charge on any atom is -0.507 e. The molecule has 0 aliphatic carbocycles. The summed E-state index contributed by atoms with van der Waals surface area (Å²) in [7, 11) is 3.07. The second-order valence-electron chi connectivity index (χ2n) is 8.07. The number of carbonyl (C=O) groups excluding carboxylic acids is 2. The summed E-state index contributed by atoms with van der Waals surface area (Å²) in [5, 5.41) is 11.2. The minimum absolute atomic E-state index is 0.0570. The number of nitrogens with zero attached hydrogens (tertiary/aromatic N) is 2. The van der Waals surface area contributed by atoms with Crippen molar-refractivity contribution >= 4 is 33.4 Å². The van der Waals surface area contributed by atoms with Gasteiger partial charge in [0.1, 0.15) is 5.76 Å². The van der Waals surface area contributed by atoms with Gasteiger partial charge in [-0.25, -0.2) is 0 Å². The van der Waals surface area contributed by atoms with Gasteiger partial charge in [-0.3, -0.25) is 14.5 Å². The summed E-state index contributed by atoms with van der Waals surface area (Å²) >= 11 is 3.38. The van der Waals surface area contributed by atoms with Crippen molar-refractivity contribution in [3.05, 3.63) is 63.6 Å². The summed E-state index contributed by atoms with van der Waals surface area (Å²) in [6.07, 6.45) is 0. The molecular formula is C25H27BrN2O6. The number of aliphatic hydroxyl groups excluding tert-OH is 1. The number of benzene rings is 2. The number of ketones is 1. The third kappa shape index (κ3) is 4.82. The fraction of sp³-hybridized carbons (Fsp3) is 0.360. The van der Waals surface area contributed by atoms with Crippen LogP contribution in [0.4, 0.5) is 0 Å². The maximum absolute atomic E-state index is 13.2. The van der Waals surface area contributed by atoms with Gasteiger partial charge in [0.05, 0.1) is 39.0 Å². The monoisotopic (exact) mass is 530 g/mol. The smallest absolute Gasteiger partial charge is 0.295 e. The van der Waals surface area contributed by atoms with Crippen molar-refractivity contribution in [2.75, 3.05) is 53.6 Å². The number of aliphatic hydroxyl groups is 1. The van der Waals surface area contributed by atoms with Crippen LogP contribution in [-0.2, 0) is 14.3 Å². The first-order valence-corrected chi connectivity index (χ1v) is 11.8. The van der Waals surface area contributed by atoms with Gasteiger partial charge in [0.2, 0.25) is 0 Å². The van der Waals surface area contributed by atoms with Crippen LogP contribution in [0.25, 0.3) is 5.76 Å². The average Bonchev–Trinajstić information content (AvgIpc) is 3.12. The van der Waals surface area contributed by atoms with E-state index in [0.717, 1.165) is 17.6 Å². The maximum Gasteiger partial charge on any atom is 0.295 e. The Hall–Kier alpha value is -2.88. The Morgan fingerprint density at radius 1 is 1.03 bits per heavy atom. The fourth-order valence-corrected chi connectivity index (χ4v) is 4.58. The van der Waals surface area contributed by atoms with Gasteiger partial charge in [0.25, 0.3) is 11.7 Å². The van der Waals surface area contributed by atoms with Crippen LogP contribution in [0.1, 0.15) is 17.2 Å². The number of amides is 1. The average molecular weight is 531 g/mol. The van der Waals surface area contributed by atoms with Gasteiger partial charge in [-0.15, -0.1) is 0 Å². The Balaban J connectivity index is 1.77. The predicted molar refractivity (Wildman–Crippen MR) is 130 cm³/mol. The number of methoxy groups -OCH3 is 2. The summed E-state index contributed by atoms with van der Waals surface area (Å²) < 4.78 is 17.0. The van der Waals surface area contributed by atoms with Crippen LogP contribution in [0.5, 0.6) is 11.5 Å². The highest BCUT2D eigenvalue weighted by Gasteiger charge is 2.46. The molecule has 0 spiro atoms. The van der Waals surface area contributed by atoms with E-state index in [4.69, 9.17) is 14.2 Å². The first kappa shape index (κ1) is 24.3. The molecule has 8 nitrogen and oxygen atoms in total. The number of hydrogen-bond donors (Lipinski definition) is 1. The zero-order valence-corrected chi connectivity index (χ0v) is 20.7. The van der Waals surface area contributed by atoms with Crippen LogP contribution < -0.4 is 9.47 Å². The van der Waals surface area contributed by atoms with Gasteiger partial charge < -0.3 is 24.2 Å². The van der Waals surface area contributed by atoms with Gasteiger partial charge in [0, 0.05) is 36.2 Å². The van der Waals surface area contributed by atoms with Gasteiger partial charge in [-0.2, -0.15) is 0 Å². The van der Waals surface area contributed by atoms with Crippen molar-refractivity contribution in [3.8, 4) is 11.5 Å². The Labute approximate surface area is 206 Å². The van der Waals surface area contributed by atoms with Crippen molar-refractivity contribution in [1.82, 2.24) is 9.80 Å². The molecule has 2 fully saturated rings. The van der Waals surface area contributed by atoms with E-state index in [9.17, 15) is 14.7 Å². The van der Waals surface area contributed by atoms with Crippen molar-refractivity contribution in [1.29, 1.82) is 0 Å². The highest BCUT2D eigenvalue weighted by atomic mass is 79.9. The van der Waals surface area contributed by atoms with Gasteiger partial charge >= 0.3 is 0 Å². The standard InChI is InChI=1S/C25H27BrN2O6/c1-32-19-8-5-17(15-20(19)33-2)22-21(23(29)16-3-6-18(26)7-4-16)24(30)25(31)28(22)10-9-27-11-13-34-14-12-27/h3-8,15,22,29H,9-14H2,1-2H3/b23-21+. The highest BCUT2D eigenvalue weighted by molar-refractivity contribution is 9.10. The summed E-state index contributed by atoms with van der Waals surface area (Å²) in [6.45, 7) is 3.75. The van der Waals surface area contributed by atoms with E-state index in [1.807, 2.05) is 0 Å². The van der Waals surface area contributed by atoms with Crippen molar-refractivity contribution in [3.63, 3.8) is 0 Å². The first-order chi connectivity index (χ1) is 16.4. The molecule has 2 aliphatic rings. The molecule has 1 unspecified atom stereocenters. The van der Waals surface area contributed by atoms with E-state index < -0.39 is 17.7 Å². The lowest BCUT2D eigenvalue weighted by atomic mass is 9.95. The Bertz CT molecular complexity index is 1100. The van der Waals surface area contributed by atoms with Gasteiger partial charge in [-0.05, 0) is 29.8 Å². The Morgan fingerprint density at radius 2 is 1.71 bits per heavy atom. The Morgan fingerprint density at radius 3 is 2.35 bits per heavy atom. The molecule has 1 N–H and O–H groups in total. The first-order valence-electron chi connectivity index (χ1n) is 11.0. The van der Waals surface area contributed by atoms with E-state index >= 15 is 0 Å². The third-order valence-electron chi connectivity index (χ3n) is 6.14. The van der Waals surface area contributed by atoms with Crippen molar-refractivity contribution < 1.29 is 28.9 Å². The topological polar surface area (TPSA) is 88.5 Å². The number of carbonyl (C=O) groups is 2. The van der Waals surface area contributed by atoms with Crippen LogP contribution in [0, 0.1) is 0 Å². The van der Waals surface area contributed by atoms with Crippen molar-refractivity contribution in [2.24, 2.45) is 0 Å². The zero-order chi connectivity index (χ0) is 24.2. The van der Waals surface area contributed by atoms with E-state index in [2.05, 4.69) is 20.8 Å². The molecule has 0 aromatic heterocycles. The number of hydrogen-bond acceptors (Lipinski definition) is 7. The molecule has 2 heterocycles. The van der Waals surface area contributed by atoms with Crippen LogP contribution in [0.2, 0.25) is 0 Å². The van der Waals surface area contributed by atoms with Crippen LogP contribution in [0.15, 0.2) is 52.5 Å². The highest BCUT2D eigenvalue weighted by Crippen LogP contribution is 2.42. The number of Topliss-reactive ketones (excluding diaryl/α,β-unsaturated/α-hetero) is 1. The molecule has 0 saturated carbocycles. The van der Waals surface area contributed by atoms with E-state index in [0.29, 0.717) is 48.9 Å². The molecule has 2 saturated heterocycles. The molecule has 1 amide bonds. The fourth-order valence-electron chi connectivity index (χ4n) is 4.32. The summed E-state index contributed by atoms with van der Waals surface area (Å²) in [5.74, 6) is -0.541. The molecule has 0 radical (unpaired) electrons. The number of ether oxygens (including phenoxy) is 3. The molecule has 2 aromatic carbocycles. The molecule has 1 atom stereocenters. The van der Waals surface area contributed by atoms with Gasteiger partial charge in [-0.1, -0.05) is 34.1 Å². The molecule has 2 aromatic rings. The molecule has 9 heteroatoms. The zero-order valence-electron chi connectivity index (χ0n) is 19.1. The maximum atomic E-state index is 13.2. The lowest BCUT2D eigenvalue weighted by Crippen LogP contribution is -2.42. The second kappa shape index (κ2) is 10.6. The second-order valence-corrected chi connectivity index (χ2v) is 8.98. The third-order valence-corrected chi connectivity index (χ3v) is 6.67. The molecule has 4 rings (SSSR count). The van der Waals surface area contributed by atoms with Gasteiger partial charge in [0.15, 0.2) is 11.5 Å². The number of likely N-dealkylation sites (tertiary alicyclic amines) is 1. The van der Waals surface area contributed by atoms with Crippen molar-refractivity contribution in [2.45, 2.75) is 6.04 Å². The number of morpholine rings is 1. The van der Waals surface area contributed by atoms with E-state index in [1.54, 1.807) is 49.6 Å². The molecule has 34 heavy (non-hydrogen) atoms. The normalized spacial score (nSPS) is 20.6. The predicted octanol–water partition coefficient (Wildman–Crippen LogP) is 3.22. The van der Waals surface area contributed by atoms with Crippen LogP contribution in [0.3, 0.4) is 0 Å². The van der Waals surface area contributed by atoms with E-state index in [1.165, 1.54) is 12.0 Å². The lowest BCUT2D eigenvalue weighted by molar-refractivity contribution is -0.140. The van der Waals surface area contributed by atoms with E-state index in [-0.39, 0.29) is 11.3 Å². The summed E-state index contributed by atoms with van der Waals surface area (Å²) in [6, 6.07) is 11.4. The lowest BCUT2D eigenvalue weighted by Gasteiger charge is -2.31. The molecule has 180 valence electrons. The quantitative estimate of drug-likeness (QED) is 0.334. The van der Waals surface area contributed by atoms with Crippen LogP contribution in [-0.4, -0.2) is 80.2 Å². The summed E-state index contributed by atoms with van der Waals surface area (Å²) in [4.78, 5) is 30.1. The minimum atomic E-state index is -0.760. The molecule has 0 bridgehead atoms. The SMILES string of the molecule is COc1ccc(C2/C(=C(\O)c3ccc(Br)cc3)C(=O)C(=O)N2CCN2CCOCC2)cc1OC. The molecular weight excluding hydrogens is 504 g/mol. The summed E-state index contributed by atoms with van der Waals surface area (Å²) in [5.41, 5.74) is 1.17. The van der Waals surface area contributed by atoms with Crippen LogP contribution >= 0.6 is 15.9 Å². The number of rotatable bonds is 7. The molecule has 2 aliphatic heterocycles. The Kier molecular flexibility index (Phi) is 7.55. The number of halogens is 1. The largest absolute Gasteiger partial charge is 0.507 e.